The second-order valence-electron chi connectivity index (χ2n) is 3.94. The largest absolute Gasteiger partial charge is 0.305 e. The summed E-state index contributed by atoms with van der Waals surface area (Å²) in [5, 5.41) is 0. The monoisotopic (exact) mass is 216 g/mol. The first kappa shape index (κ1) is 10.9. The average Bonchev–Trinajstić information content (AvgIpc) is 2.32. The third-order valence-corrected chi connectivity index (χ3v) is 2.74. The molecular formula is C13H16N2O. The fraction of sp³-hybridized carbons (Fsp3) is 0.385. The highest BCUT2D eigenvalue weighted by Gasteiger charge is 2.02. The number of aryl methyl sites for hydroxylation is 1. The van der Waals surface area contributed by atoms with E-state index in [9.17, 15) is 4.79 Å². The highest BCUT2D eigenvalue weighted by atomic mass is 16.1. The number of hydrogen-bond donors (Lipinski definition) is 0. The highest BCUT2D eigenvalue weighted by molar-refractivity contribution is 5.74. The molecule has 0 aliphatic carbocycles. The van der Waals surface area contributed by atoms with Crippen molar-refractivity contribution < 1.29 is 0 Å². The number of para-hydroxylation sites is 2. The van der Waals surface area contributed by atoms with Crippen LogP contribution in [0.15, 0.2) is 35.3 Å². The lowest BCUT2D eigenvalue weighted by Crippen LogP contribution is -2.20. The molecule has 0 saturated heterocycles. The second kappa shape index (κ2) is 4.92. The first-order valence-corrected chi connectivity index (χ1v) is 5.77. The van der Waals surface area contributed by atoms with E-state index in [4.69, 9.17) is 0 Å². The van der Waals surface area contributed by atoms with Gasteiger partial charge in [-0.05, 0) is 18.6 Å². The summed E-state index contributed by atoms with van der Waals surface area (Å²) in [7, 11) is 0. The van der Waals surface area contributed by atoms with Gasteiger partial charge in [-0.15, -0.1) is 0 Å². The van der Waals surface area contributed by atoms with Crippen molar-refractivity contribution in [3.63, 3.8) is 0 Å². The van der Waals surface area contributed by atoms with E-state index in [2.05, 4.69) is 11.9 Å². The van der Waals surface area contributed by atoms with Crippen molar-refractivity contribution in [2.75, 3.05) is 0 Å². The summed E-state index contributed by atoms with van der Waals surface area (Å²) < 4.78 is 1.82. The molecule has 0 spiro atoms. The van der Waals surface area contributed by atoms with Gasteiger partial charge in [-0.2, -0.15) is 0 Å². The summed E-state index contributed by atoms with van der Waals surface area (Å²) in [6.45, 7) is 2.95. The van der Waals surface area contributed by atoms with Gasteiger partial charge in [0.1, 0.15) is 0 Å². The molecule has 0 aliphatic rings. The van der Waals surface area contributed by atoms with E-state index >= 15 is 0 Å². The molecule has 0 saturated carbocycles. The molecule has 0 atom stereocenters. The molecule has 0 radical (unpaired) electrons. The summed E-state index contributed by atoms with van der Waals surface area (Å²) in [6, 6.07) is 7.77. The zero-order chi connectivity index (χ0) is 11.4. The van der Waals surface area contributed by atoms with Gasteiger partial charge < -0.3 is 4.57 Å². The molecule has 0 amide bonds. The van der Waals surface area contributed by atoms with Crippen LogP contribution in [-0.2, 0) is 6.54 Å². The molecule has 0 unspecified atom stereocenters. The summed E-state index contributed by atoms with van der Waals surface area (Å²) in [6.07, 6.45) is 4.78. The molecule has 3 nitrogen and oxygen atoms in total. The Morgan fingerprint density at radius 3 is 2.88 bits per heavy atom. The van der Waals surface area contributed by atoms with Crippen LogP contribution in [0.1, 0.15) is 26.2 Å². The predicted octanol–water partition coefficient (Wildman–Crippen LogP) is 2.59. The fourth-order valence-corrected chi connectivity index (χ4v) is 1.87. The van der Waals surface area contributed by atoms with Gasteiger partial charge in [0, 0.05) is 6.54 Å². The number of aromatic nitrogens is 2. The van der Waals surface area contributed by atoms with Crippen LogP contribution in [0.5, 0.6) is 0 Å². The summed E-state index contributed by atoms with van der Waals surface area (Å²) in [4.78, 5) is 15.9. The van der Waals surface area contributed by atoms with Crippen molar-refractivity contribution in [1.82, 2.24) is 9.55 Å². The van der Waals surface area contributed by atoms with Gasteiger partial charge in [0.15, 0.2) is 0 Å². The van der Waals surface area contributed by atoms with Crippen molar-refractivity contribution >= 4 is 11.0 Å². The normalized spacial score (nSPS) is 10.8. The van der Waals surface area contributed by atoms with Crippen LogP contribution in [0.3, 0.4) is 0 Å². The van der Waals surface area contributed by atoms with Crippen molar-refractivity contribution in [3.8, 4) is 0 Å². The molecule has 0 fully saturated rings. The van der Waals surface area contributed by atoms with E-state index in [0.717, 1.165) is 36.8 Å². The third-order valence-electron chi connectivity index (χ3n) is 2.74. The molecular weight excluding hydrogens is 200 g/mol. The van der Waals surface area contributed by atoms with Crippen LogP contribution in [-0.4, -0.2) is 9.55 Å². The van der Waals surface area contributed by atoms with Crippen molar-refractivity contribution in [3.05, 3.63) is 40.8 Å². The third kappa shape index (κ3) is 2.13. The van der Waals surface area contributed by atoms with Gasteiger partial charge in [0.05, 0.1) is 17.2 Å². The Hall–Kier alpha value is -1.64. The number of benzene rings is 1. The molecule has 16 heavy (non-hydrogen) atoms. The summed E-state index contributed by atoms with van der Waals surface area (Å²) in [5.74, 6) is 0. The number of hydrogen-bond acceptors (Lipinski definition) is 2. The molecule has 1 aromatic heterocycles. The number of fused-ring (bicyclic) bond motifs is 1. The minimum absolute atomic E-state index is 0.00481. The zero-order valence-corrected chi connectivity index (χ0v) is 9.52. The van der Waals surface area contributed by atoms with E-state index in [-0.39, 0.29) is 5.56 Å². The minimum Gasteiger partial charge on any atom is -0.305 e. The van der Waals surface area contributed by atoms with E-state index in [1.54, 1.807) is 0 Å². The number of rotatable bonds is 4. The Morgan fingerprint density at radius 2 is 2.06 bits per heavy atom. The molecule has 0 bridgehead atoms. The smallest absolute Gasteiger partial charge is 0.269 e. The molecule has 0 aliphatic heterocycles. The number of nitrogens with zero attached hydrogens (tertiary/aromatic N) is 2. The van der Waals surface area contributed by atoms with Gasteiger partial charge in [-0.3, -0.25) is 4.79 Å². The highest BCUT2D eigenvalue weighted by Crippen LogP contribution is 2.09. The van der Waals surface area contributed by atoms with Crippen molar-refractivity contribution in [1.29, 1.82) is 0 Å². The average molecular weight is 216 g/mol. The first-order valence-electron chi connectivity index (χ1n) is 5.77. The maximum atomic E-state index is 11.7. The van der Waals surface area contributed by atoms with Crippen molar-refractivity contribution in [2.24, 2.45) is 0 Å². The molecule has 2 aromatic rings. The van der Waals surface area contributed by atoms with Gasteiger partial charge in [0.25, 0.3) is 5.56 Å². The van der Waals surface area contributed by atoms with E-state index in [1.807, 2.05) is 28.8 Å². The fourth-order valence-electron chi connectivity index (χ4n) is 1.87. The van der Waals surface area contributed by atoms with Gasteiger partial charge in [-0.25, -0.2) is 4.98 Å². The Kier molecular flexibility index (Phi) is 3.34. The minimum atomic E-state index is -0.00481. The Morgan fingerprint density at radius 1 is 1.25 bits per heavy atom. The lowest BCUT2D eigenvalue weighted by atomic mass is 10.2. The lowest BCUT2D eigenvalue weighted by molar-refractivity contribution is 0.600. The molecule has 3 heteroatoms. The molecule has 1 heterocycles. The Balaban J connectivity index is 2.41. The van der Waals surface area contributed by atoms with Crippen LogP contribution in [0, 0.1) is 0 Å². The van der Waals surface area contributed by atoms with E-state index in [1.165, 1.54) is 6.20 Å². The van der Waals surface area contributed by atoms with Gasteiger partial charge >= 0.3 is 0 Å². The zero-order valence-electron chi connectivity index (χ0n) is 9.52. The number of unbranched alkanes of at least 4 members (excludes halogenated alkanes) is 2. The molecule has 2 rings (SSSR count). The van der Waals surface area contributed by atoms with Gasteiger partial charge in [0.2, 0.25) is 0 Å². The Labute approximate surface area is 94.7 Å². The summed E-state index contributed by atoms with van der Waals surface area (Å²) >= 11 is 0. The topological polar surface area (TPSA) is 34.9 Å². The molecule has 1 aromatic carbocycles. The second-order valence-corrected chi connectivity index (χ2v) is 3.94. The van der Waals surface area contributed by atoms with Crippen LogP contribution >= 0.6 is 0 Å². The Bertz CT molecular complexity index is 531. The first-order chi connectivity index (χ1) is 7.83. The predicted molar refractivity (Wildman–Crippen MR) is 65.5 cm³/mol. The maximum Gasteiger partial charge on any atom is 0.269 e. The van der Waals surface area contributed by atoms with Crippen molar-refractivity contribution in [2.45, 2.75) is 32.7 Å². The van der Waals surface area contributed by atoms with Crippen LogP contribution in [0.2, 0.25) is 0 Å². The van der Waals surface area contributed by atoms with Gasteiger partial charge in [-0.1, -0.05) is 31.9 Å². The SMILES string of the molecule is CCCCCn1c(=O)cnc2ccccc21. The summed E-state index contributed by atoms with van der Waals surface area (Å²) in [5.41, 5.74) is 1.82. The van der Waals surface area contributed by atoms with E-state index < -0.39 is 0 Å². The lowest BCUT2D eigenvalue weighted by Gasteiger charge is -2.08. The quantitative estimate of drug-likeness (QED) is 0.736. The standard InChI is InChI=1S/C13H16N2O/c1-2-3-6-9-15-12-8-5-4-7-11(12)14-10-13(15)16/h4-5,7-8,10H,2-3,6,9H2,1H3. The van der Waals surface area contributed by atoms with Crippen LogP contribution < -0.4 is 5.56 Å². The molecule has 84 valence electrons. The molecule has 0 N–H and O–H groups in total. The van der Waals surface area contributed by atoms with Crippen LogP contribution in [0.25, 0.3) is 11.0 Å². The van der Waals surface area contributed by atoms with E-state index in [0.29, 0.717) is 0 Å². The maximum absolute atomic E-state index is 11.7. The van der Waals surface area contributed by atoms with Crippen LogP contribution in [0.4, 0.5) is 0 Å².